The largest absolute Gasteiger partial charge is 0.327 e. The number of rotatable bonds is 4. The van der Waals surface area contributed by atoms with Crippen molar-refractivity contribution >= 4 is 33.4 Å². The first-order valence-corrected chi connectivity index (χ1v) is 11.0. The Balaban J connectivity index is 1.47. The van der Waals surface area contributed by atoms with Gasteiger partial charge in [-0.25, -0.2) is 13.2 Å². The third-order valence-corrected chi connectivity index (χ3v) is 7.81. The van der Waals surface area contributed by atoms with E-state index in [0.29, 0.717) is 10.9 Å². The van der Waals surface area contributed by atoms with Crippen molar-refractivity contribution in [3.05, 3.63) is 29.3 Å². The second kappa shape index (κ2) is 6.53. The average Bonchev–Trinajstić information content (AvgIpc) is 3.10. The van der Waals surface area contributed by atoms with Gasteiger partial charge in [-0.1, -0.05) is 24.4 Å². The molecule has 6 nitrogen and oxygen atoms in total. The van der Waals surface area contributed by atoms with Crippen LogP contribution in [0.25, 0.3) is 0 Å². The first-order valence-electron chi connectivity index (χ1n) is 9.00. The Labute approximate surface area is 158 Å². The van der Waals surface area contributed by atoms with Gasteiger partial charge >= 0.3 is 6.03 Å². The molecule has 3 aliphatic rings. The highest BCUT2D eigenvalue weighted by atomic mass is 35.5. The number of hydrogen-bond acceptors (Lipinski definition) is 4. The fourth-order valence-corrected chi connectivity index (χ4v) is 5.88. The second-order valence-corrected chi connectivity index (χ2v) is 9.86. The van der Waals surface area contributed by atoms with Crippen molar-refractivity contribution in [2.45, 2.75) is 49.1 Å². The summed E-state index contributed by atoms with van der Waals surface area (Å²) in [6, 6.07) is 5.34. The average molecular weight is 397 g/mol. The lowest BCUT2D eigenvalue weighted by Gasteiger charge is -2.30. The topological polar surface area (TPSA) is 74.8 Å². The maximum atomic E-state index is 12.8. The highest BCUT2D eigenvalue weighted by molar-refractivity contribution is 7.91. The molecule has 3 atom stereocenters. The number of carbonyl (C=O) groups excluding carboxylic acids is 2. The molecule has 0 aromatic heterocycles. The summed E-state index contributed by atoms with van der Waals surface area (Å²) in [5.74, 6) is -0.0990. The van der Waals surface area contributed by atoms with Gasteiger partial charge < -0.3 is 4.90 Å². The molecule has 1 aliphatic carbocycles. The Hall–Kier alpha value is -1.60. The van der Waals surface area contributed by atoms with E-state index in [4.69, 9.17) is 11.6 Å². The van der Waals surface area contributed by atoms with Crippen LogP contribution in [0.3, 0.4) is 0 Å². The third kappa shape index (κ3) is 2.91. The quantitative estimate of drug-likeness (QED) is 0.733. The minimum absolute atomic E-state index is 0.104. The van der Waals surface area contributed by atoms with Crippen molar-refractivity contribution in [2.24, 2.45) is 5.92 Å². The number of benzene rings is 1. The van der Waals surface area contributed by atoms with E-state index in [1.807, 2.05) is 0 Å². The molecule has 0 bridgehead atoms. The summed E-state index contributed by atoms with van der Waals surface area (Å²) in [6.45, 7) is -0.104. The highest BCUT2D eigenvalue weighted by Gasteiger charge is 2.55. The van der Waals surface area contributed by atoms with Crippen molar-refractivity contribution in [3.8, 4) is 0 Å². The van der Waals surface area contributed by atoms with Crippen LogP contribution in [-0.4, -0.2) is 54.5 Å². The maximum Gasteiger partial charge on any atom is 0.327 e. The fraction of sp³-hybridized carbons (Fsp3) is 0.556. The predicted octanol–water partition coefficient (Wildman–Crippen LogP) is 2.71. The molecule has 0 N–H and O–H groups in total. The number of amides is 3. The summed E-state index contributed by atoms with van der Waals surface area (Å²) in [5.41, 5.74) is 0. The summed E-state index contributed by atoms with van der Waals surface area (Å²) in [4.78, 5) is 28.5. The van der Waals surface area contributed by atoms with E-state index >= 15 is 0 Å². The Morgan fingerprint density at radius 3 is 2.50 bits per heavy atom. The molecule has 2 aliphatic heterocycles. The van der Waals surface area contributed by atoms with Crippen LogP contribution in [0.4, 0.5) is 4.79 Å². The van der Waals surface area contributed by atoms with Gasteiger partial charge in [0.25, 0.3) is 5.91 Å². The van der Waals surface area contributed by atoms with E-state index in [0.717, 1.165) is 37.0 Å². The van der Waals surface area contributed by atoms with E-state index in [-0.39, 0.29) is 35.2 Å². The second-order valence-electron chi connectivity index (χ2n) is 7.32. The molecule has 0 unspecified atom stereocenters. The number of imide groups is 1. The monoisotopic (exact) mass is 396 g/mol. The highest BCUT2D eigenvalue weighted by Crippen LogP contribution is 2.43. The Morgan fingerprint density at radius 2 is 1.77 bits per heavy atom. The molecule has 0 spiro atoms. The van der Waals surface area contributed by atoms with Crippen LogP contribution in [0.2, 0.25) is 5.02 Å². The normalized spacial score (nSPS) is 28.4. The first kappa shape index (κ1) is 17.8. The van der Waals surface area contributed by atoms with E-state index in [9.17, 15) is 18.0 Å². The molecule has 1 saturated carbocycles. The number of carbonyl (C=O) groups is 2. The minimum atomic E-state index is -3.58. The molecular weight excluding hydrogens is 376 g/mol. The zero-order chi connectivity index (χ0) is 18.5. The molecule has 3 amide bonds. The van der Waals surface area contributed by atoms with Crippen LogP contribution in [0, 0.1) is 5.92 Å². The van der Waals surface area contributed by atoms with Gasteiger partial charge in [0, 0.05) is 17.6 Å². The molecule has 140 valence electrons. The maximum absolute atomic E-state index is 12.8. The van der Waals surface area contributed by atoms with E-state index in [2.05, 4.69) is 0 Å². The third-order valence-electron chi connectivity index (χ3n) is 5.85. The smallest absolute Gasteiger partial charge is 0.309 e. The summed E-state index contributed by atoms with van der Waals surface area (Å²) in [5, 5.41) is 0.455. The fourth-order valence-electron chi connectivity index (χ4n) is 4.55. The van der Waals surface area contributed by atoms with Gasteiger partial charge in [0.05, 0.1) is 10.6 Å². The zero-order valence-electron chi connectivity index (χ0n) is 14.3. The summed E-state index contributed by atoms with van der Waals surface area (Å²) < 4.78 is 25.0. The summed E-state index contributed by atoms with van der Waals surface area (Å²) >= 11 is 5.79. The van der Waals surface area contributed by atoms with Gasteiger partial charge in [0.1, 0.15) is 6.04 Å². The van der Waals surface area contributed by atoms with Crippen molar-refractivity contribution in [1.29, 1.82) is 0 Å². The molecular formula is C18H21ClN2O4S. The molecule has 0 radical (unpaired) electrons. The number of halogens is 1. The molecule has 3 fully saturated rings. The van der Waals surface area contributed by atoms with E-state index < -0.39 is 15.9 Å². The number of nitrogens with zero attached hydrogens (tertiary/aromatic N) is 2. The van der Waals surface area contributed by atoms with Crippen LogP contribution < -0.4 is 0 Å². The van der Waals surface area contributed by atoms with E-state index in [1.165, 1.54) is 24.3 Å². The lowest BCUT2D eigenvalue weighted by atomic mass is 9.84. The first-order chi connectivity index (χ1) is 12.4. The van der Waals surface area contributed by atoms with Crippen LogP contribution in [0.5, 0.6) is 0 Å². The molecule has 1 aromatic rings. The SMILES string of the molecule is O=C1[C@@H]2C[C@H]3CCCC[C@H]3N2C(=O)N1CCS(=O)(=O)c1ccc(Cl)cc1. The molecule has 2 saturated heterocycles. The van der Waals surface area contributed by atoms with Gasteiger partial charge in [-0.15, -0.1) is 0 Å². The van der Waals surface area contributed by atoms with Crippen molar-refractivity contribution < 1.29 is 18.0 Å². The van der Waals surface area contributed by atoms with Crippen LogP contribution in [0.15, 0.2) is 29.2 Å². The van der Waals surface area contributed by atoms with Gasteiger partial charge in [0.15, 0.2) is 9.84 Å². The Bertz CT molecular complexity index is 839. The number of urea groups is 1. The molecule has 8 heteroatoms. The van der Waals surface area contributed by atoms with Crippen LogP contribution in [-0.2, 0) is 14.6 Å². The molecule has 2 heterocycles. The molecule has 26 heavy (non-hydrogen) atoms. The van der Waals surface area contributed by atoms with E-state index in [1.54, 1.807) is 4.90 Å². The van der Waals surface area contributed by atoms with Gasteiger partial charge in [-0.05, 0) is 49.4 Å². The van der Waals surface area contributed by atoms with Gasteiger partial charge in [-0.2, -0.15) is 0 Å². The minimum Gasteiger partial charge on any atom is -0.309 e. The number of sulfone groups is 1. The summed E-state index contributed by atoms with van der Waals surface area (Å²) in [7, 11) is -3.58. The van der Waals surface area contributed by atoms with Crippen molar-refractivity contribution in [3.63, 3.8) is 0 Å². The molecule has 4 rings (SSSR count). The summed E-state index contributed by atoms with van der Waals surface area (Å²) in [6.07, 6.45) is 4.97. The van der Waals surface area contributed by atoms with Crippen LogP contribution in [0.1, 0.15) is 32.1 Å². The van der Waals surface area contributed by atoms with Crippen molar-refractivity contribution in [2.75, 3.05) is 12.3 Å². The predicted molar refractivity (Wildman–Crippen MR) is 96.6 cm³/mol. The van der Waals surface area contributed by atoms with Crippen molar-refractivity contribution in [1.82, 2.24) is 9.80 Å². The Kier molecular flexibility index (Phi) is 4.47. The lowest BCUT2D eigenvalue weighted by Crippen LogP contribution is -2.42. The van der Waals surface area contributed by atoms with Gasteiger partial charge in [0.2, 0.25) is 0 Å². The van der Waals surface area contributed by atoms with Crippen LogP contribution >= 0.6 is 11.6 Å². The standard InChI is InChI=1S/C18H21ClN2O4S/c19-13-5-7-14(8-6-13)26(24,25)10-9-20-17(22)16-11-12-3-1-2-4-15(12)21(16)18(20)23/h5-8,12,15-16H,1-4,9-11H2/t12-,15-,16+/m1/s1. The zero-order valence-corrected chi connectivity index (χ0v) is 15.9. The molecule has 1 aromatic carbocycles. The van der Waals surface area contributed by atoms with Gasteiger partial charge in [-0.3, -0.25) is 9.69 Å². The lowest BCUT2D eigenvalue weighted by molar-refractivity contribution is -0.127. The number of hydrogen-bond donors (Lipinski definition) is 0. The number of fused-ring (bicyclic) bond motifs is 3. The Morgan fingerprint density at radius 1 is 1.08 bits per heavy atom.